The molecule has 16 heavy (non-hydrogen) atoms. The molecule has 1 unspecified atom stereocenters. The third-order valence-corrected chi connectivity index (χ3v) is 2.55. The van der Waals surface area contributed by atoms with E-state index in [1.807, 2.05) is 18.2 Å². The topological polar surface area (TPSA) is 29.1 Å². The molecule has 1 atom stereocenters. The van der Waals surface area contributed by atoms with Crippen molar-refractivity contribution in [3.8, 4) is 0 Å². The Morgan fingerprint density at radius 1 is 1.44 bits per heavy atom. The number of benzene rings is 1. The molecular weight excluding hydrogens is 198 g/mol. The largest absolute Gasteiger partial charge is 0.355 e. The molecule has 0 heterocycles. The van der Waals surface area contributed by atoms with E-state index in [4.69, 9.17) is 0 Å². The minimum absolute atomic E-state index is 0.0997. The summed E-state index contributed by atoms with van der Waals surface area (Å²) in [6, 6.07) is 10.2. The van der Waals surface area contributed by atoms with Gasteiger partial charge >= 0.3 is 0 Å². The second-order valence-corrected chi connectivity index (χ2v) is 3.94. The Bertz CT molecular complexity index is 332. The summed E-state index contributed by atoms with van der Waals surface area (Å²) in [4.78, 5) is 11.4. The van der Waals surface area contributed by atoms with Crippen molar-refractivity contribution in [1.82, 2.24) is 5.32 Å². The van der Waals surface area contributed by atoms with Gasteiger partial charge in [0.05, 0.1) is 0 Å². The van der Waals surface area contributed by atoms with E-state index in [1.165, 1.54) is 5.56 Å². The summed E-state index contributed by atoms with van der Waals surface area (Å²) in [6.45, 7) is 6.40. The second-order valence-electron chi connectivity index (χ2n) is 3.94. The molecule has 1 rings (SSSR count). The van der Waals surface area contributed by atoms with E-state index in [1.54, 1.807) is 6.08 Å². The summed E-state index contributed by atoms with van der Waals surface area (Å²) in [5, 5.41) is 2.93. The first kappa shape index (κ1) is 12.5. The van der Waals surface area contributed by atoms with Crippen LogP contribution in [0.2, 0.25) is 0 Å². The standard InChI is InChI=1S/C14H19NO/c1-3-4-10-14(16)15-11-12(2)13-8-6-5-7-9-13/h3,5-9,12H,1,4,10-11H2,2H3,(H,15,16). The van der Waals surface area contributed by atoms with Crippen LogP contribution in [0.5, 0.6) is 0 Å². The maximum absolute atomic E-state index is 11.4. The SMILES string of the molecule is C=CCCC(=O)NCC(C)c1ccccc1. The second kappa shape index (κ2) is 6.83. The fourth-order valence-corrected chi connectivity index (χ4v) is 1.49. The number of nitrogens with one attached hydrogen (secondary N) is 1. The smallest absolute Gasteiger partial charge is 0.220 e. The van der Waals surface area contributed by atoms with Gasteiger partial charge in [0.15, 0.2) is 0 Å². The van der Waals surface area contributed by atoms with Crippen LogP contribution in [0.15, 0.2) is 43.0 Å². The molecule has 0 bridgehead atoms. The van der Waals surface area contributed by atoms with Crippen LogP contribution < -0.4 is 5.32 Å². The average molecular weight is 217 g/mol. The monoisotopic (exact) mass is 217 g/mol. The summed E-state index contributed by atoms with van der Waals surface area (Å²) in [5.41, 5.74) is 1.26. The van der Waals surface area contributed by atoms with Crippen LogP contribution in [0.4, 0.5) is 0 Å². The number of allylic oxidation sites excluding steroid dienone is 1. The van der Waals surface area contributed by atoms with Crippen LogP contribution in [-0.2, 0) is 4.79 Å². The van der Waals surface area contributed by atoms with Gasteiger partial charge in [-0.1, -0.05) is 43.3 Å². The molecule has 0 aliphatic heterocycles. The molecule has 0 radical (unpaired) electrons. The van der Waals surface area contributed by atoms with Gasteiger partial charge in [-0.05, 0) is 17.9 Å². The molecule has 1 aromatic rings. The summed E-state index contributed by atoms with van der Waals surface area (Å²) in [5.74, 6) is 0.455. The predicted octanol–water partition coefficient (Wildman–Crippen LogP) is 2.87. The average Bonchev–Trinajstić information content (AvgIpc) is 2.34. The molecule has 1 aromatic carbocycles. The molecular formula is C14H19NO. The van der Waals surface area contributed by atoms with Gasteiger partial charge in [0.25, 0.3) is 0 Å². The third kappa shape index (κ3) is 4.30. The highest BCUT2D eigenvalue weighted by atomic mass is 16.1. The summed E-state index contributed by atoms with van der Waals surface area (Å²) in [6.07, 6.45) is 3.04. The molecule has 1 N–H and O–H groups in total. The molecule has 2 heteroatoms. The van der Waals surface area contributed by atoms with Crippen LogP contribution in [0.1, 0.15) is 31.2 Å². The van der Waals surface area contributed by atoms with Gasteiger partial charge in [0, 0.05) is 13.0 Å². The van der Waals surface area contributed by atoms with Crippen LogP contribution in [0.3, 0.4) is 0 Å². The van der Waals surface area contributed by atoms with Gasteiger partial charge in [-0.2, -0.15) is 0 Å². The molecule has 2 nitrogen and oxygen atoms in total. The minimum Gasteiger partial charge on any atom is -0.355 e. The van der Waals surface area contributed by atoms with Gasteiger partial charge in [-0.25, -0.2) is 0 Å². The zero-order chi connectivity index (χ0) is 11.8. The Kier molecular flexibility index (Phi) is 5.34. The van der Waals surface area contributed by atoms with E-state index in [0.29, 0.717) is 18.9 Å². The number of hydrogen-bond acceptors (Lipinski definition) is 1. The lowest BCUT2D eigenvalue weighted by Crippen LogP contribution is -2.27. The molecule has 86 valence electrons. The maximum atomic E-state index is 11.4. The van der Waals surface area contributed by atoms with E-state index < -0.39 is 0 Å². The minimum atomic E-state index is 0.0997. The van der Waals surface area contributed by atoms with Crippen molar-refractivity contribution >= 4 is 5.91 Å². The maximum Gasteiger partial charge on any atom is 0.220 e. The molecule has 0 saturated carbocycles. The zero-order valence-electron chi connectivity index (χ0n) is 9.78. The molecule has 0 aromatic heterocycles. The lowest BCUT2D eigenvalue weighted by molar-refractivity contribution is -0.121. The van der Waals surface area contributed by atoms with E-state index in [2.05, 4.69) is 31.0 Å². The summed E-state index contributed by atoms with van der Waals surface area (Å²) < 4.78 is 0. The van der Waals surface area contributed by atoms with Crippen LogP contribution >= 0.6 is 0 Å². The zero-order valence-corrected chi connectivity index (χ0v) is 9.78. The van der Waals surface area contributed by atoms with E-state index >= 15 is 0 Å². The van der Waals surface area contributed by atoms with Gasteiger partial charge < -0.3 is 5.32 Å². The van der Waals surface area contributed by atoms with Crippen molar-refractivity contribution < 1.29 is 4.79 Å². The van der Waals surface area contributed by atoms with Crippen LogP contribution in [-0.4, -0.2) is 12.5 Å². The highest BCUT2D eigenvalue weighted by molar-refractivity contribution is 5.76. The van der Waals surface area contributed by atoms with Gasteiger partial charge in [-0.15, -0.1) is 6.58 Å². The first-order chi connectivity index (χ1) is 7.74. The number of rotatable bonds is 6. The van der Waals surface area contributed by atoms with Gasteiger partial charge in [0.2, 0.25) is 5.91 Å². The molecule has 0 fully saturated rings. The predicted molar refractivity (Wildman–Crippen MR) is 67.3 cm³/mol. The summed E-state index contributed by atoms with van der Waals surface area (Å²) >= 11 is 0. The van der Waals surface area contributed by atoms with Crippen molar-refractivity contribution in [2.24, 2.45) is 0 Å². The molecule has 0 aliphatic carbocycles. The Hall–Kier alpha value is -1.57. The Balaban J connectivity index is 2.33. The Morgan fingerprint density at radius 3 is 2.75 bits per heavy atom. The fourth-order valence-electron chi connectivity index (χ4n) is 1.49. The number of amides is 1. The number of carbonyl (C=O) groups is 1. The van der Waals surface area contributed by atoms with Crippen molar-refractivity contribution in [1.29, 1.82) is 0 Å². The van der Waals surface area contributed by atoms with E-state index in [0.717, 1.165) is 6.42 Å². The lowest BCUT2D eigenvalue weighted by atomic mass is 10.0. The number of hydrogen-bond donors (Lipinski definition) is 1. The van der Waals surface area contributed by atoms with E-state index in [-0.39, 0.29) is 5.91 Å². The van der Waals surface area contributed by atoms with Crippen molar-refractivity contribution in [2.45, 2.75) is 25.7 Å². The Labute approximate surface area is 97.4 Å². The van der Waals surface area contributed by atoms with E-state index in [9.17, 15) is 4.79 Å². The highest BCUT2D eigenvalue weighted by Crippen LogP contribution is 2.12. The Morgan fingerprint density at radius 2 is 2.12 bits per heavy atom. The quantitative estimate of drug-likeness (QED) is 0.729. The van der Waals surface area contributed by atoms with Gasteiger partial charge in [0.1, 0.15) is 0 Å². The van der Waals surface area contributed by atoms with Crippen LogP contribution in [0.25, 0.3) is 0 Å². The molecule has 0 spiro atoms. The molecule has 1 amide bonds. The fraction of sp³-hybridized carbons (Fsp3) is 0.357. The normalized spacial score (nSPS) is 11.8. The van der Waals surface area contributed by atoms with Crippen LogP contribution in [0, 0.1) is 0 Å². The lowest BCUT2D eigenvalue weighted by Gasteiger charge is -2.12. The third-order valence-electron chi connectivity index (χ3n) is 2.55. The van der Waals surface area contributed by atoms with Crippen molar-refractivity contribution in [2.75, 3.05) is 6.54 Å². The first-order valence-electron chi connectivity index (χ1n) is 5.66. The van der Waals surface area contributed by atoms with Gasteiger partial charge in [-0.3, -0.25) is 4.79 Å². The number of carbonyl (C=O) groups excluding carboxylic acids is 1. The molecule has 0 saturated heterocycles. The summed E-state index contributed by atoms with van der Waals surface area (Å²) in [7, 11) is 0. The van der Waals surface area contributed by atoms with Crippen molar-refractivity contribution in [3.63, 3.8) is 0 Å². The highest BCUT2D eigenvalue weighted by Gasteiger charge is 2.06. The van der Waals surface area contributed by atoms with Crippen molar-refractivity contribution in [3.05, 3.63) is 48.6 Å². The first-order valence-corrected chi connectivity index (χ1v) is 5.66. The molecule has 0 aliphatic rings.